The highest BCUT2D eigenvalue weighted by Crippen LogP contribution is 2.15. The van der Waals surface area contributed by atoms with Crippen molar-refractivity contribution in [2.45, 2.75) is 32.4 Å². The first kappa shape index (κ1) is 19.8. The topological polar surface area (TPSA) is 65.9 Å². The van der Waals surface area contributed by atoms with E-state index in [1.54, 1.807) is 7.05 Å². The van der Waals surface area contributed by atoms with Crippen molar-refractivity contribution in [3.05, 3.63) is 65.7 Å². The van der Waals surface area contributed by atoms with Crippen molar-refractivity contribution in [1.82, 2.24) is 10.6 Å². The van der Waals surface area contributed by atoms with Gasteiger partial charge in [0.2, 0.25) is 0 Å². The number of nitrogens with zero attached hydrogens (tertiary/aromatic N) is 1. The largest absolute Gasteiger partial charge is 0.491 e. The summed E-state index contributed by atoms with van der Waals surface area (Å²) in [6, 6.07) is 18.0. The van der Waals surface area contributed by atoms with Gasteiger partial charge in [0.1, 0.15) is 5.75 Å². The SMILES string of the molecule is CN=C(NCc1cccc(OC(C)C)c1)NCC(CO)c1ccccc1. The summed E-state index contributed by atoms with van der Waals surface area (Å²) in [6.45, 7) is 5.37. The molecule has 2 rings (SSSR count). The Morgan fingerprint density at radius 2 is 1.85 bits per heavy atom. The zero-order valence-electron chi connectivity index (χ0n) is 15.8. The smallest absolute Gasteiger partial charge is 0.191 e. The first-order valence-corrected chi connectivity index (χ1v) is 8.98. The zero-order chi connectivity index (χ0) is 18.8. The number of guanidine groups is 1. The highest BCUT2D eigenvalue weighted by Gasteiger charge is 2.10. The predicted octanol–water partition coefficient (Wildman–Crippen LogP) is 2.91. The summed E-state index contributed by atoms with van der Waals surface area (Å²) < 4.78 is 5.73. The molecule has 0 spiro atoms. The maximum absolute atomic E-state index is 9.66. The van der Waals surface area contributed by atoms with Gasteiger partial charge in [0.05, 0.1) is 12.7 Å². The molecule has 0 fully saturated rings. The van der Waals surface area contributed by atoms with Crippen LogP contribution in [0.4, 0.5) is 0 Å². The third-order valence-corrected chi connectivity index (χ3v) is 3.96. The summed E-state index contributed by atoms with van der Waals surface area (Å²) in [7, 11) is 1.74. The van der Waals surface area contributed by atoms with E-state index in [9.17, 15) is 5.11 Å². The van der Waals surface area contributed by atoms with E-state index in [4.69, 9.17) is 4.74 Å². The van der Waals surface area contributed by atoms with Crippen LogP contribution in [-0.4, -0.2) is 37.4 Å². The standard InChI is InChI=1S/C21H29N3O2/c1-16(2)26-20-11-7-8-17(12-20)13-23-21(22-3)24-14-19(15-25)18-9-5-4-6-10-18/h4-12,16,19,25H,13-15H2,1-3H3,(H2,22,23,24). The van der Waals surface area contributed by atoms with Gasteiger partial charge in [-0.15, -0.1) is 0 Å². The fourth-order valence-electron chi connectivity index (χ4n) is 2.64. The highest BCUT2D eigenvalue weighted by molar-refractivity contribution is 5.79. The Hall–Kier alpha value is -2.53. The lowest BCUT2D eigenvalue weighted by Gasteiger charge is -2.18. The molecule has 0 aliphatic rings. The molecule has 0 radical (unpaired) electrons. The van der Waals surface area contributed by atoms with Gasteiger partial charge < -0.3 is 20.5 Å². The van der Waals surface area contributed by atoms with Gasteiger partial charge in [-0.1, -0.05) is 42.5 Å². The van der Waals surface area contributed by atoms with Crippen LogP contribution < -0.4 is 15.4 Å². The van der Waals surface area contributed by atoms with Crippen molar-refractivity contribution in [3.63, 3.8) is 0 Å². The summed E-state index contributed by atoms with van der Waals surface area (Å²) in [5, 5.41) is 16.2. The number of hydrogen-bond donors (Lipinski definition) is 3. The molecule has 140 valence electrons. The molecule has 2 aromatic rings. The number of ether oxygens (including phenoxy) is 1. The molecule has 5 nitrogen and oxygen atoms in total. The lowest BCUT2D eigenvalue weighted by molar-refractivity contribution is 0.242. The second-order valence-electron chi connectivity index (χ2n) is 6.41. The Labute approximate surface area is 156 Å². The van der Waals surface area contributed by atoms with Crippen molar-refractivity contribution >= 4 is 5.96 Å². The molecule has 0 amide bonds. The number of rotatable bonds is 8. The number of benzene rings is 2. The van der Waals surface area contributed by atoms with E-state index in [0.29, 0.717) is 19.0 Å². The molecule has 0 bridgehead atoms. The molecular weight excluding hydrogens is 326 g/mol. The van der Waals surface area contributed by atoms with Crippen LogP contribution in [0.2, 0.25) is 0 Å². The predicted molar refractivity (Wildman–Crippen MR) is 107 cm³/mol. The molecule has 0 aromatic heterocycles. The molecule has 26 heavy (non-hydrogen) atoms. The van der Waals surface area contributed by atoms with E-state index in [1.165, 1.54) is 0 Å². The summed E-state index contributed by atoms with van der Waals surface area (Å²) in [6.07, 6.45) is 0.154. The van der Waals surface area contributed by atoms with Crippen LogP contribution in [0.5, 0.6) is 5.75 Å². The van der Waals surface area contributed by atoms with Gasteiger partial charge in [-0.2, -0.15) is 0 Å². The quantitative estimate of drug-likeness (QED) is 0.503. The van der Waals surface area contributed by atoms with Crippen LogP contribution in [-0.2, 0) is 6.54 Å². The minimum atomic E-state index is 0.0255. The van der Waals surface area contributed by atoms with Crippen LogP contribution in [0.15, 0.2) is 59.6 Å². The Bertz CT molecular complexity index is 687. The van der Waals surface area contributed by atoms with E-state index in [2.05, 4.69) is 15.6 Å². The Morgan fingerprint density at radius 1 is 1.08 bits per heavy atom. The lowest BCUT2D eigenvalue weighted by atomic mass is 10.0. The van der Waals surface area contributed by atoms with Crippen LogP contribution in [0.25, 0.3) is 0 Å². The van der Waals surface area contributed by atoms with Gasteiger partial charge in [0, 0.05) is 26.1 Å². The number of hydrogen-bond acceptors (Lipinski definition) is 3. The fourth-order valence-corrected chi connectivity index (χ4v) is 2.64. The third-order valence-electron chi connectivity index (χ3n) is 3.96. The molecule has 0 heterocycles. The van der Waals surface area contributed by atoms with E-state index >= 15 is 0 Å². The van der Waals surface area contributed by atoms with Gasteiger partial charge >= 0.3 is 0 Å². The first-order chi connectivity index (χ1) is 12.6. The Kier molecular flexibility index (Phi) is 7.96. The average Bonchev–Trinajstić information content (AvgIpc) is 2.65. The maximum Gasteiger partial charge on any atom is 0.191 e. The molecule has 0 aliphatic carbocycles. The zero-order valence-corrected chi connectivity index (χ0v) is 15.8. The molecule has 0 aliphatic heterocycles. The molecule has 0 saturated carbocycles. The molecular formula is C21H29N3O2. The lowest BCUT2D eigenvalue weighted by Crippen LogP contribution is -2.39. The third kappa shape index (κ3) is 6.41. The monoisotopic (exact) mass is 355 g/mol. The summed E-state index contributed by atoms with van der Waals surface area (Å²) >= 11 is 0. The van der Waals surface area contributed by atoms with E-state index < -0.39 is 0 Å². The number of aliphatic hydroxyl groups is 1. The minimum absolute atomic E-state index is 0.0255. The van der Waals surface area contributed by atoms with Gasteiger partial charge in [-0.05, 0) is 37.1 Å². The number of aliphatic imine (C=N–C) groups is 1. The minimum Gasteiger partial charge on any atom is -0.491 e. The Morgan fingerprint density at radius 3 is 2.50 bits per heavy atom. The summed E-state index contributed by atoms with van der Waals surface area (Å²) in [5.74, 6) is 1.60. The maximum atomic E-state index is 9.66. The van der Waals surface area contributed by atoms with Crippen molar-refractivity contribution < 1.29 is 9.84 Å². The summed E-state index contributed by atoms with van der Waals surface area (Å²) in [4.78, 5) is 4.26. The van der Waals surface area contributed by atoms with Crippen LogP contribution >= 0.6 is 0 Å². The van der Waals surface area contributed by atoms with E-state index in [-0.39, 0.29) is 18.6 Å². The molecule has 5 heteroatoms. The molecule has 0 saturated heterocycles. The van der Waals surface area contributed by atoms with Crippen molar-refractivity contribution in [1.29, 1.82) is 0 Å². The fraction of sp³-hybridized carbons (Fsp3) is 0.381. The highest BCUT2D eigenvalue weighted by atomic mass is 16.5. The van der Waals surface area contributed by atoms with Crippen LogP contribution in [0.1, 0.15) is 30.9 Å². The van der Waals surface area contributed by atoms with Crippen LogP contribution in [0.3, 0.4) is 0 Å². The first-order valence-electron chi connectivity index (χ1n) is 8.98. The van der Waals surface area contributed by atoms with E-state index in [0.717, 1.165) is 16.9 Å². The van der Waals surface area contributed by atoms with Crippen molar-refractivity contribution in [2.24, 2.45) is 4.99 Å². The second-order valence-corrected chi connectivity index (χ2v) is 6.41. The second kappa shape index (κ2) is 10.5. The normalized spacial score (nSPS) is 12.7. The van der Waals surface area contributed by atoms with Gasteiger partial charge in [0.15, 0.2) is 5.96 Å². The molecule has 1 atom stereocenters. The number of aliphatic hydroxyl groups excluding tert-OH is 1. The molecule has 2 aromatic carbocycles. The van der Waals surface area contributed by atoms with Crippen molar-refractivity contribution in [3.8, 4) is 5.75 Å². The Balaban J connectivity index is 1.88. The van der Waals surface area contributed by atoms with Gasteiger partial charge in [0.25, 0.3) is 0 Å². The summed E-state index contributed by atoms with van der Waals surface area (Å²) in [5.41, 5.74) is 2.23. The average molecular weight is 355 g/mol. The van der Waals surface area contributed by atoms with Crippen LogP contribution in [0, 0.1) is 0 Å². The van der Waals surface area contributed by atoms with Crippen molar-refractivity contribution in [2.75, 3.05) is 20.2 Å². The number of nitrogens with one attached hydrogen (secondary N) is 2. The van der Waals surface area contributed by atoms with Gasteiger partial charge in [-0.3, -0.25) is 4.99 Å². The van der Waals surface area contributed by atoms with E-state index in [1.807, 2.05) is 68.4 Å². The molecule has 3 N–H and O–H groups in total. The van der Waals surface area contributed by atoms with Gasteiger partial charge in [-0.25, -0.2) is 0 Å². The molecule has 1 unspecified atom stereocenters.